The number of fused-ring (bicyclic) bond motifs is 1. The van der Waals surface area contributed by atoms with Crippen LogP contribution in [0, 0.1) is 0 Å². The van der Waals surface area contributed by atoms with E-state index in [1.54, 1.807) is 12.1 Å². The Balaban J connectivity index is 2.67. The van der Waals surface area contributed by atoms with Crippen LogP contribution in [-0.2, 0) is 0 Å². The molecule has 0 aliphatic rings. The molecule has 0 aromatic heterocycles. The number of hydrogen-bond donors (Lipinski definition) is 3. The molecule has 4 heteroatoms. The summed E-state index contributed by atoms with van der Waals surface area (Å²) in [5.74, 6) is -0.344. The van der Waals surface area contributed by atoms with Gasteiger partial charge in [0.1, 0.15) is 5.75 Å². The van der Waals surface area contributed by atoms with E-state index in [1.807, 2.05) is 19.1 Å². The Morgan fingerprint density at radius 2 is 2.00 bits per heavy atom. The smallest absolute Gasteiger partial charge is 0.255 e. The Morgan fingerprint density at radius 3 is 2.65 bits per heavy atom. The van der Waals surface area contributed by atoms with Gasteiger partial charge >= 0.3 is 0 Å². The van der Waals surface area contributed by atoms with E-state index in [0.717, 1.165) is 5.39 Å². The van der Waals surface area contributed by atoms with Crippen molar-refractivity contribution in [3.63, 3.8) is 0 Å². The fourth-order valence-electron chi connectivity index (χ4n) is 1.82. The molecule has 1 amide bonds. The minimum Gasteiger partial charge on any atom is -0.506 e. The summed E-state index contributed by atoms with van der Waals surface area (Å²) < 4.78 is 0. The zero-order chi connectivity index (χ0) is 12.4. The quantitative estimate of drug-likeness (QED) is 0.544. The molecule has 0 aliphatic heterocycles. The van der Waals surface area contributed by atoms with Crippen molar-refractivity contribution >= 4 is 22.4 Å². The van der Waals surface area contributed by atoms with Crippen LogP contribution in [0.5, 0.6) is 5.75 Å². The molecule has 2 aromatic carbocycles. The van der Waals surface area contributed by atoms with Crippen LogP contribution in [0.1, 0.15) is 17.3 Å². The van der Waals surface area contributed by atoms with E-state index in [4.69, 9.17) is 5.73 Å². The molecule has 0 radical (unpaired) electrons. The van der Waals surface area contributed by atoms with E-state index < -0.39 is 0 Å². The SMILES string of the molecule is CCNC(=O)c1cc(N)c2ccccc2c1O. The number of carbonyl (C=O) groups excluding carboxylic acids is 1. The van der Waals surface area contributed by atoms with Crippen molar-refractivity contribution in [3.8, 4) is 5.75 Å². The minimum atomic E-state index is -0.317. The predicted octanol–water partition coefficient (Wildman–Crippen LogP) is 1.88. The standard InChI is InChI=1S/C13H14N2O2/c1-2-15-13(17)10-7-11(14)8-5-3-4-6-9(8)12(10)16/h3-7,16H,2,14H2,1H3,(H,15,17). The van der Waals surface area contributed by atoms with Crippen molar-refractivity contribution in [1.29, 1.82) is 0 Å². The summed E-state index contributed by atoms with van der Waals surface area (Å²) in [7, 11) is 0. The van der Waals surface area contributed by atoms with Gasteiger partial charge in [0, 0.05) is 23.0 Å². The molecule has 4 nitrogen and oxygen atoms in total. The number of phenolic OH excluding ortho intramolecular Hbond substituents is 1. The Bertz CT molecular complexity index is 579. The van der Waals surface area contributed by atoms with Crippen LogP contribution in [0.15, 0.2) is 30.3 Å². The number of nitrogens with two attached hydrogens (primary N) is 1. The number of phenols is 1. The lowest BCUT2D eigenvalue weighted by Crippen LogP contribution is -2.22. The summed E-state index contributed by atoms with van der Waals surface area (Å²) >= 11 is 0. The maximum atomic E-state index is 11.7. The first kappa shape index (κ1) is 11.3. The molecule has 2 rings (SSSR count). The van der Waals surface area contributed by atoms with Gasteiger partial charge in [-0.15, -0.1) is 0 Å². The van der Waals surface area contributed by atoms with E-state index in [2.05, 4.69) is 5.32 Å². The summed E-state index contributed by atoms with van der Waals surface area (Å²) in [5, 5.41) is 14.0. The molecule has 0 aliphatic carbocycles. The molecule has 0 fully saturated rings. The van der Waals surface area contributed by atoms with Gasteiger partial charge in [0.05, 0.1) is 5.56 Å². The van der Waals surface area contributed by atoms with Crippen LogP contribution in [0.4, 0.5) is 5.69 Å². The number of nitrogens with one attached hydrogen (secondary N) is 1. The van der Waals surface area contributed by atoms with Crippen LogP contribution in [0.2, 0.25) is 0 Å². The molecule has 0 saturated heterocycles. The number of hydrogen-bond acceptors (Lipinski definition) is 3. The van der Waals surface area contributed by atoms with Crippen molar-refractivity contribution in [2.24, 2.45) is 0 Å². The van der Waals surface area contributed by atoms with Crippen molar-refractivity contribution in [1.82, 2.24) is 5.32 Å². The first-order chi connectivity index (χ1) is 8.15. The lowest BCUT2D eigenvalue weighted by Gasteiger charge is -2.10. The summed E-state index contributed by atoms with van der Waals surface area (Å²) in [6, 6.07) is 8.69. The van der Waals surface area contributed by atoms with Crippen LogP contribution < -0.4 is 11.1 Å². The zero-order valence-corrected chi connectivity index (χ0v) is 9.53. The molecule has 17 heavy (non-hydrogen) atoms. The third kappa shape index (κ3) is 1.89. The van der Waals surface area contributed by atoms with Crippen molar-refractivity contribution < 1.29 is 9.90 Å². The van der Waals surface area contributed by atoms with Gasteiger partial charge in [-0.3, -0.25) is 4.79 Å². The van der Waals surface area contributed by atoms with E-state index in [-0.39, 0.29) is 17.2 Å². The lowest BCUT2D eigenvalue weighted by atomic mass is 10.0. The monoisotopic (exact) mass is 230 g/mol. The third-order valence-electron chi connectivity index (χ3n) is 2.63. The van der Waals surface area contributed by atoms with Gasteiger partial charge < -0.3 is 16.2 Å². The molecule has 0 bridgehead atoms. The molecule has 0 atom stereocenters. The topological polar surface area (TPSA) is 75.4 Å². The molecule has 0 saturated carbocycles. The van der Waals surface area contributed by atoms with Crippen LogP contribution >= 0.6 is 0 Å². The van der Waals surface area contributed by atoms with Gasteiger partial charge in [0.2, 0.25) is 0 Å². The second kappa shape index (κ2) is 4.33. The highest BCUT2D eigenvalue weighted by atomic mass is 16.3. The largest absolute Gasteiger partial charge is 0.506 e. The van der Waals surface area contributed by atoms with Gasteiger partial charge in [-0.2, -0.15) is 0 Å². The predicted molar refractivity (Wildman–Crippen MR) is 68.0 cm³/mol. The van der Waals surface area contributed by atoms with E-state index >= 15 is 0 Å². The van der Waals surface area contributed by atoms with Gasteiger partial charge in [-0.25, -0.2) is 0 Å². The van der Waals surface area contributed by atoms with Gasteiger partial charge in [-0.1, -0.05) is 24.3 Å². The fourth-order valence-corrected chi connectivity index (χ4v) is 1.82. The molecule has 4 N–H and O–H groups in total. The number of benzene rings is 2. The number of carbonyl (C=O) groups is 1. The molecular weight excluding hydrogens is 216 g/mol. The molecule has 88 valence electrons. The summed E-state index contributed by atoms with van der Waals surface area (Å²) in [5.41, 5.74) is 6.57. The third-order valence-corrected chi connectivity index (χ3v) is 2.63. The molecular formula is C13H14N2O2. The zero-order valence-electron chi connectivity index (χ0n) is 9.53. The summed E-state index contributed by atoms with van der Waals surface area (Å²) in [4.78, 5) is 11.7. The van der Waals surface area contributed by atoms with E-state index in [1.165, 1.54) is 6.07 Å². The maximum Gasteiger partial charge on any atom is 0.255 e. The second-order valence-electron chi connectivity index (χ2n) is 3.77. The van der Waals surface area contributed by atoms with Crippen molar-refractivity contribution in [2.75, 3.05) is 12.3 Å². The minimum absolute atomic E-state index is 0.0271. The maximum absolute atomic E-state index is 11.7. The fraction of sp³-hybridized carbons (Fsp3) is 0.154. The average molecular weight is 230 g/mol. The summed E-state index contributed by atoms with van der Waals surface area (Å²) in [6.45, 7) is 2.32. The van der Waals surface area contributed by atoms with Crippen molar-refractivity contribution in [2.45, 2.75) is 6.92 Å². The Morgan fingerprint density at radius 1 is 1.35 bits per heavy atom. The first-order valence-electron chi connectivity index (χ1n) is 5.43. The van der Waals surface area contributed by atoms with E-state index in [0.29, 0.717) is 17.6 Å². The highest BCUT2D eigenvalue weighted by molar-refractivity contribution is 6.07. The molecule has 0 unspecified atom stereocenters. The normalized spacial score (nSPS) is 10.4. The highest BCUT2D eigenvalue weighted by Gasteiger charge is 2.14. The van der Waals surface area contributed by atoms with Gasteiger partial charge in [0.25, 0.3) is 5.91 Å². The number of rotatable bonds is 2. The second-order valence-corrected chi connectivity index (χ2v) is 3.77. The van der Waals surface area contributed by atoms with Crippen LogP contribution in [0.25, 0.3) is 10.8 Å². The number of nitrogen functional groups attached to an aromatic ring is 1. The Labute approximate surface area is 99.1 Å². The van der Waals surface area contributed by atoms with Gasteiger partial charge in [0.15, 0.2) is 0 Å². The Hall–Kier alpha value is -2.23. The number of anilines is 1. The van der Waals surface area contributed by atoms with E-state index in [9.17, 15) is 9.90 Å². The number of amides is 1. The highest BCUT2D eigenvalue weighted by Crippen LogP contribution is 2.32. The van der Waals surface area contributed by atoms with Crippen LogP contribution in [-0.4, -0.2) is 17.6 Å². The average Bonchev–Trinajstić information content (AvgIpc) is 2.34. The Kier molecular flexibility index (Phi) is 2.87. The van der Waals surface area contributed by atoms with Crippen LogP contribution in [0.3, 0.4) is 0 Å². The molecule has 0 heterocycles. The van der Waals surface area contributed by atoms with Gasteiger partial charge in [-0.05, 0) is 13.0 Å². The summed E-state index contributed by atoms with van der Waals surface area (Å²) in [6.07, 6.45) is 0. The number of aromatic hydroxyl groups is 1. The molecule has 2 aromatic rings. The van der Waals surface area contributed by atoms with Crippen molar-refractivity contribution in [3.05, 3.63) is 35.9 Å². The molecule has 0 spiro atoms. The lowest BCUT2D eigenvalue weighted by molar-refractivity contribution is 0.0953. The first-order valence-corrected chi connectivity index (χ1v) is 5.43.